The van der Waals surface area contributed by atoms with Gasteiger partial charge in [0.2, 0.25) is 0 Å². The number of unbranched alkanes of at least 4 members (excludes halogenated alkanes) is 2. The number of benzene rings is 3. The van der Waals surface area contributed by atoms with Crippen LogP contribution in [0.15, 0.2) is 76.5 Å². The summed E-state index contributed by atoms with van der Waals surface area (Å²) in [6.45, 7) is 4.13. The van der Waals surface area contributed by atoms with Crippen molar-refractivity contribution in [2.24, 2.45) is 5.41 Å². The number of carbonyl (C=O) groups excluding carboxylic acids is 2. The number of carbonyl (C=O) groups is 2. The van der Waals surface area contributed by atoms with Gasteiger partial charge >= 0.3 is 12.1 Å². The van der Waals surface area contributed by atoms with Crippen LogP contribution in [0, 0.1) is 5.41 Å². The molecule has 4 rings (SSSR count). The molecule has 1 atom stereocenters. The molecule has 1 aliphatic heterocycles. The van der Waals surface area contributed by atoms with Gasteiger partial charge in [-0.05, 0) is 55.0 Å². The number of rotatable bonds is 14. The summed E-state index contributed by atoms with van der Waals surface area (Å²) in [6.07, 6.45) is 2.46. The third-order valence-electron chi connectivity index (χ3n) is 8.72. The SMILES string of the molecule is CCCCC1(CCCC)CN(c2ccccc2)c2cc(SC)c(OCC(=O)NC(C(=O)OC)c3ccc(C(F)(F)F)cc3)cc2S(=O)(=O)C1. The van der Waals surface area contributed by atoms with Gasteiger partial charge in [0.25, 0.3) is 5.91 Å². The molecule has 0 fully saturated rings. The molecule has 0 radical (unpaired) electrons. The molecule has 8 nitrogen and oxygen atoms in total. The normalized spacial score (nSPS) is 15.9. The lowest BCUT2D eigenvalue weighted by Gasteiger charge is -2.37. The van der Waals surface area contributed by atoms with Crippen LogP contribution in [0.5, 0.6) is 5.75 Å². The van der Waals surface area contributed by atoms with Gasteiger partial charge in [-0.1, -0.05) is 69.9 Å². The lowest BCUT2D eigenvalue weighted by atomic mass is 9.79. The van der Waals surface area contributed by atoms with Crippen LogP contribution in [0.4, 0.5) is 24.5 Å². The van der Waals surface area contributed by atoms with E-state index in [-0.39, 0.29) is 22.0 Å². The Bertz CT molecular complexity index is 1690. The van der Waals surface area contributed by atoms with Crippen molar-refractivity contribution in [2.45, 2.75) is 74.4 Å². The Hall–Kier alpha value is -3.71. The molecule has 266 valence electrons. The molecule has 1 aliphatic rings. The van der Waals surface area contributed by atoms with Crippen LogP contribution in [-0.2, 0) is 30.3 Å². The van der Waals surface area contributed by atoms with E-state index in [0.717, 1.165) is 75.6 Å². The van der Waals surface area contributed by atoms with Crippen LogP contribution in [0.2, 0.25) is 0 Å². The van der Waals surface area contributed by atoms with Crippen molar-refractivity contribution >= 4 is 44.9 Å². The number of sulfone groups is 1. The van der Waals surface area contributed by atoms with Gasteiger partial charge in [0.15, 0.2) is 22.5 Å². The lowest BCUT2D eigenvalue weighted by Crippen LogP contribution is -2.38. The van der Waals surface area contributed by atoms with Crippen molar-refractivity contribution in [3.63, 3.8) is 0 Å². The molecule has 3 aromatic carbocycles. The highest BCUT2D eigenvalue weighted by atomic mass is 32.2. The largest absolute Gasteiger partial charge is 0.483 e. The molecule has 1 amide bonds. The third-order valence-corrected chi connectivity index (χ3v) is 11.5. The molecule has 3 aromatic rings. The lowest BCUT2D eigenvalue weighted by molar-refractivity contribution is -0.145. The van der Waals surface area contributed by atoms with E-state index in [0.29, 0.717) is 17.1 Å². The fourth-order valence-electron chi connectivity index (χ4n) is 6.19. The second kappa shape index (κ2) is 16.3. The number of methoxy groups -OCH3 is 1. The van der Waals surface area contributed by atoms with Gasteiger partial charge in [0.1, 0.15) is 5.75 Å². The van der Waals surface area contributed by atoms with Crippen LogP contribution < -0.4 is 15.0 Å². The summed E-state index contributed by atoms with van der Waals surface area (Å²) in [5, 5.41) is 2.46. The number of hydrogen-bond acceptors (Lipinski definition) is 8. The number of fused-ring (bicyclic) bond motifs is 1. The van der Waals surface area contributed by atoms with Crippen molar-refractivity contribution in [1.82, 2.24) is 5.32 Å². The predicted molar refractivity (Wildman–Crippen MR) is 185 cm³/mol. The van der Waals surface area contributed by atoms with Crippen LogP contribution >= 0.6 is 11.8 Å². The molecule has 1 N–H and O–H groups in total. The second-order valence-electron chi connectivity index (χ2n) is 12.3. The Kier molecular flexibility index (Phi) is 12.7. The van der Waals surface area contributed by atoms with Crippen LogP contribution in [0.25, 0.3) is 0 Å². The van der Waals surface area contributed by atoms with Gasteiger partial charge in [-0.15, -0.1) is 11.8 Å². The molecule has 0 saturated heterocycles. The Balaban J connectivity index is 1.68. The molecule has 49 heavy (non-hydrogen) atoms. The number of halogens is 3. The first-order valence-corrected chi connectivity index (χ1v) is 19.1. The van der Waals surface area contributed by atoms with Crippen molar-refractivity contribution < 1.29 is 40.7 Å². The molecule has 13 heteroatoms. The van der Waals surface area contributed by atoms with E-state index in [1.54, 1.807) is 6.07 Å². The maximum atomic E-state index is 14.3. The number of nitrogens with zero attached hydrogens (tertiary/aromatic N) is 1. The van der Waals surface area contributed by atoms with E-state index in [1.807, 2.05) is 36.6 Å². The van der Waals surface area contributed by atoms with Gasteiger partial charge in [-0.3, -0.25) is 4.79 Å². The highest BCUT2D eigenvalue weighted by molar-refractivity contribution is 7.98. The highest BCUT2D eigenvalue weighted by Crippen LogP contribution is 2.47. The van der Waals surface area contributed by atoms with Crippen molar-refractivity contribution in [3.8, 4) is 5.75 Å². The molecule has 0 aliphatic carbocycles. The van der Waals surface area contributed by atoms with Gasteiger partial charge in [-0.2, -0.15) is 13.2 Å². The Morgan fingerprint density at radius 2 is 1.63 bits per heavy atom. The minimum atomic E-state index is -4.57. The zero-order chi connectivity index (χ0) is 35.8. The maximum Gasteiger partial charge on any atom is 0.416 e. The van der Waals surface area contributed by atoms with Crippen molar-refractivity contribution in [2.75, 3.05) is 37.2 Å². The fourth-order valence-corrected chi connectivity index (χ4v) is 8.85. The first-order valence-electron chi connectivity index (χ1n) is 16.2. The van der Waals surface area contributed by atoms with Crippen LogP contribution in [-0.4, -0.2) is 52.6 Å². The smallest absolute Gasteiger partial charge is 0.416 e. The zero-order valence-electron chi connectivity index (χ0n) is 28.1. The second-order valence-corrected chi connectivity index (χ2v) is 15.1. The Labute approximate surface area is 290 Å². The first kappa shape index (κ1) is 38.1. The number of anilines is 2. The molecular formula is C36H43F3N2O6S2. The number of thioether (sulfide) groups is 1. The van der Waals surface area contributed by atoms with E-state index in [1.165, 1.54) is 17.8 Å². The monoisotopic (exact) mass is 720 g/mol. The number of amides is 1. The average molecular weight is 721 g/mol. The Morgan fingerprint density at radius 3 is 2.18 bits per heavy atom. The summed E-state index contributed by atoms with van der Waals surface area (Å²) in [5.41, 5.74) is 0.105. The van der Waals surface area contributed by atoms with Gasteiger partial charge < -0.3 is 19.7 Å². The summed E-state index contributed by atoms with van der Waals surface area (Å²) in [4.78, 5) is 28.4. The number of ether oxygens (including phenoxy) is 2. The number of esters is 1. The van der Waals surface area contributed by atoms with E-state index < -0.39 is 51.5 Å². The summed E-state index contributed by atoms with van der Waals surface area (Å²) in [6, 6.07) is 15.4. The minimum Gasteiger partial charge on any atom is -0.483 e. The quantitative estimate of drug-likeness (QED) is 0.132. The topological polar surface area (TPSA) is 102 Å². The summed E-state index contributed by atoms with van der Waals surface area (Å²) in [7, 11) is -2.73. The highest BCUT2D eigenvalue weighted by Gasteiger charge is 2.42. The Morgan fingerprint density at radius 1 is 1.00 bits per heavy atom. The number of nitrogens with one attached hydrogen (secondary N) is 1. The third kappa shape index (κ3) is 9.30. The summed E-state index contributed by atoms with van der Waals surface area (Å²) >= 11 is 1.33. The van der Waals surface area contributed by atoms with E-state index >= 15 is 0 Å². The van der Waals surface area contributed by atoms with Gasteiger partial charge in [0, 0.05) is 23.7 Å². The van der Waals surface area contributed by atoms with Crippen molar-refractivity contribution in [1.29, 1.82) is 0 Å². The zero-order valence-corrected chi connectivity index (χ0v) is 29.8. The minimum absolute atomic E-state index is 0.0250. The van der Waals surface area contributed by atoms with Crippen molar-refractivity contribution in [3.05, 3.63) is 77.9 Å². The maximum absolute atomic E-state index is 14.3. The molecule has 0 aromatic heterocycles. The predicted octanol–water partition coefficient (Wildman–Crippen LogP) is 8.13. The molecule has 1 unspecified atom stereocenters. The number of hydrogen-bond donors (Lipinski definition) is 1. The molecule has 1 heterocycles. The van der Waals surface area contributed by atoms with Gasteiger partial charge in [-0.25, -0.2) is 13.2 Å². The molecule has 0 spiro atoms. The fraction of sp³-hybridized carbons (Fsp3) is 0.444. The van der Waals surface area contributed by atoms with Gasteiger partial charge in [0.05, 0.1) is 33.9 Å². The average Bonchev–Trinajstić information content (AvgIpc) is 3.18. The first-order chi connectivity index (χ1) is 23.3. The van der Waals surface area contributed by atoms with Crippen LogP contribution in [0.1, 0.15) is 69.5 Å². The molecule has 0 saturated carbocycles. The number of para-hydroxylation sites is 1. The molecule has 0 bridgehead atoms. The summed E-state index contributed by atoms with van der Waals surface area (Å²) < 4.78 is 78.5. The van der Waals surface area contributed by atoms with E-state index in [4.69, 9.17) is 9.47 Å². The number of alkyl halides is 3. The van der Waals surface area contributed by atoms with Crippen LogP contribution in [0.3, 0.4) is 0 Å². The molecular weight excluding hydrogens is 678 g/mol. The van der Waals surface area contributed by atoms with E-state index in [9.17, 15) is 31.2 Å². The summed E-state index contributed by atoms with van der Waals surface area (Å²) in [5.74, 6) is -1.49. The standard InChI is InChI=1S/C36H43F3N2O6S2/c1-5-7-18-35(19-8-6-2)23-41(27-12-10-9-11-13-27)28-20-30(48-4)29(21-31(28)49(44,45)24-35)47-22-32(42)40-33(34(43)46-3)25-14-16-26(17-15-25)36(37,38)39/h9-17,20-21,33H,5-8,18-19,22-24H2,1-4H3,(H,40,42). The van der Waals surface area contributed by atoms with E-state index in [2.05, 4.69) is 24.1 Å².